The first-order valence-electron chi connectivity index (χ1n) is 8.14. The maximum atomic E-state index is 12.1. The van der Waals surface area contributed by atoms with Gasteiger partial charge in [0.25, 0.3) is 0 Å². The Morgan fingerprint density at radius 3 is 2.52 bits per heavy atom. The van der Waals surface area contributed by atoms with Gasteiger partial charge >= 0.3 is 0 Å². The number of carbonyl (C=O) groups excluding carboxylic acids is 1. The van der Waals surface area contributed by atoms with Crippen molar-refractivity contribution in [3.63, 3.8) is 0 Å². The van der Waals surface area contributed by atoms with E-state index in [4.69, 9.17) is 4.42 Å². The third-order valence-corrected chi connectivity index (χ3v) is 4.70. The van der Waals surface area contributed by atoms with Crippen LogP contribution in [0.5, 0.6) is 0 Å². The second kappa shape index (κ2) is 8.53. The number of aromatic nitrogens is 1. The molecule has 0 bridgehead atoms. The zero-order chi connectivity index (χ0) is 17.5. The normalized spacial score (nSPS) is 11.9. The Kier molecular flexibility index (Phi) is 5.90. The third-order valence-electron chi connectivity index (χ3n) is 3.73. The minimum absolute atomic E-state index is 0.00559. The molecule has 0 saturated carbocycles. The van der Waals surface area contributed by atoms with Gasteiger partial charge in [0.05, 0.1) is 17.5 Å². The van der Waals surface area contributed by atoms with Gasteiger partial charge in [-0.1, -0.05) is 48.5 Å². The van der Waals surface area contributed by atoms with Gasteiger partial charge in [0.1, 0.15) is 6.26 Å². The second-order valence-electron chi connectivity index (χ2n) is 5.70. The summed E-state index contributed by atoms with van der Waals surface area (Å²) in [5.41, 5.74) is 2.89. The lowest BCUT2D eigenvalue weighted by molar-refractivity contribution is -0.119. The third kappa shape index (κ3) is 4.97. The average molecular weight is 352 g/mol. The van der Waals surface area contributed by atoms with Crippen LogP contribution in [0.1, 0.15) is 24.2 Å². The Hall–Kier alpha value is -2.53. The molecule has 3 aromatic rings. The molecule has 0 radical (unpaired) electrons. The molecule has 1 unspecified atom stereocenters. The first kappa shape index (κ1) is 17.3. The fraction of sp³-hybridized carbons (Fsp3) is 0.200. The molecule has 25 heavy (non-hydrogen) atoms. The number of amides is 1. The molecule has 128 valence electrons. The van der Waals surface area contributed by atoms with Crippen LogP contribution in [-0.4, -0.2) is 16.6 Å². The summed E-state index contributed by atoms with van der Waals surface area (Å²) in [5, 5.41) is 3.01. The topological polar surface area (TPSA) is 55.1 Å². The summed E-state index contributed by atoms with van der Waals surface area (Å²) < 4.78 is 5.51. The van der Waals surface area contributed by atoms with Crippen molar-refractivity contribution in [1.29, 1.82) is 0 Å². The summed E-state index contributed by atoms with van der Waals surface area (Å²) in [4.78, 5) is 16.5. The van der Waals surface area contributed by atoms with Gasteiger partial charge in [-0.05, 0) is 24.6 Å². The molecular weight excluding hydrogens is 332 g/mol. The van der Waals surface area contributed by atoms with Crippen molar-refractivity contribution in [1.82, 2.24) is 10.3 Å². The predicted molar refractivity (Wildman–Crippen MR) is 101 cm³/mol. The quantitative estimate of drug-likeness (QED) is 0.682. The number of hydrogen-bond acceptors (Lipinski definition) is 4. The number of thioether (sulfide) groups is 1. The van der Waals surface area contributed by atoms with Crippen LogP contribution in [-0.2, 0) is 10.5 Å². The van der Waals surface area contributed by atoms with Crippen LogP contribution >= 0.6 is 11.8 Å². The van der Waals surface area contributed by atoms with Crippen molar-refractivity contribution >= 4 is 17.7 Å². The highest BCUT2D eigenvalue weighted by Gasteiger charge is 2.10. The van der Waals surface area contributed by atoms with Crippen LogP contribution in [0.2, 0.25) is 0 Å². The van der Waals surface area contributed by atoms with Crippen LogP contribution < -0.4 is 5.32 Å². The number of rotatable bonds is 7. The molecule has 0 aliphatic heterocycles. The summed E-state index contributed by atoms with van der Waals surface area (Å²) in [7, 11) is 0. The van der Waals surface area contributed by atoms with Crippen LogP contribution in [0.25, 0.3) is 11.5 Å². The molecule has 0 spiro atoms. The van der Waals surface area contributed by atoms with E-state index in [-0.39, 0.29) is 11.9 Å². The maximum Gasteiger partial charge on any atom is 0.230 e. The lowest BCUT2D eigenvalue weighted by Gasteiger charge is -2.13. The van der Waals surface area contributed by atoms with Crippen LogP contribution in [0.4, 0.5) is 0 Å². The standard InChI is InChI=1S/C20H20N2O2S/c1-15(16-8-4-2-5-9-16)21-19(23)14-25-13-18-12-24-20(22-18)17-10-6-3-7-11-17/h2-12,15H,13-14H2,1H3,(H,21,23). The number of benzene rings is 2. The zero-order valence-electron chi connectivity index (χ0n) is 14.0. The first-order chi connectivity index (χ1) is 12.2. The molecule has 0 aliphatic carbocycles. The van der Waals surface area contributed by atoms with Crippen molar-refractivity contribution < 1.29 is 9.21 Å². The largest absolute Gasteiger partial charge is 0.444 e. The van der Waals surface area contributed by atoms with Gasteiger partial charge in [0.2, 0.25) is 11.8 Å². The zero-order valence-corrected chi connectivity index (χ0v) is 14.8. The van der Waals surface area contributed by atoms with E-state index in [1.807, 2.05) is 67.6 Å². The van der Waals surface area contributed by atoms with E-state index < -0.39 is 0 Å². The Bertz CT molecular complexity index is 803. The molecule has 1 heterocycles. The number of nitrogens with zero attached hydrogens (tertiary/aromatic N) is 1. The Morgan fingerprint density at radius 1 is 1.12 bits per heavy atom. The number of hydrogen-bond donors (Lipinski definition) is 1. The molecule has 0 saturated heterocycles. The summed E-state index contributed by atoms with van der Waals surface area (Å²) in [5.74, 6) is 1.67. The van der Waals surface area contributed by atoms with Gasteiger partial charge in [-0.15, -0.1) is 11.8 Å². The maximum absolute atomic E-state index is 12.1. The molecule has 0 fully saturated rings. The van der Waals surface area contributed by atoms with Gasteiger partial charge in [-0.25, -0.2) is 4.98 Å². The summed E-state index contributed by atoms with van der Waals surface area (Å²) >= 11 is 1.53. The number of oxazole rings is 1. The van der Waals surface area contributed by atoms with E-state index in [0.717, 1.165) is 16.8 Å². The molecule has 1 N–H and O–H groups in total. The van der Waals surface area contributed by atoms with Crippen molar-refractivity contribution in [2.75, 3.05) is 5.75 Å². The van der Waals surface area contributed by atoms with Gasteiger partial charge in [-0.3, -0.25) is 4.79 Å². The Balaban J connectivity index is 1.45. The van der Waals surface area contributed by atoms with Gasteiger partial charge < -0.3 is 9.73 Å². The minimum Gasteiger partial charge on any atom is -0.444 e. The molecule has 3 rings (SSSR count). The van der Waals surface area contributed by atoms with Crippen molar-refractivity contribution in [2.24, 2.45) is 0 Å². The Morgan fingerprint density at radius 2 is 1.80 bits per heavy atom. The summed E-state index contributed by atoms with van der Waals surface area (Å²) in [6, 6.07) is 19.7. The Labute approximate surface area is 151 Å². The van der Waals surface area contributed by atoms with Crippen molar-refractivity contribution in [2.45, 2.75) is 18.7 Å². The monoisotopic (exact) mass is 352 g/mol. The van der Waals surface area contributed by atoms with E-state index in [9.17, 15) is 4.79 Å². The van der Waals surface area contributed by atoms with Crippen molar-refractivity contribution in [3.05, 3.63) is 78.2 Å². The van der Waals surface area contributed by atoms with E-state index >= 15 is 0 Å². The predicted octanol–water partition coefficient (Wildman–Crippen LogP) is 4.45. The molecule has 5 heteroatoms. The molecule has 0 aliphatic rings. The van der Waals surface area contributed by atoms with Crippen molar-refractivity contribution in [3.8, 4) is 11.5 Å². The van der Waals surface area contributed by atoms with Gasteiger partial charge in [0.15, 0.2) is 0 Å². The first-order valence-corrected chi connectivity index (χ1v) is 9.30. The molecule has 1 aromatic heterocycles. The molecule has 4 nitrogen and oxygen atoms in total. The fourth-order valence-corrected chi connectivity index (χ4v) is 3.16. The number of nitrogens with one attached hydrogen (secondary N) is 1. The van der Waals surface area contributed by atoms with E-state index in [2.05, 4.69) is 10.3 Å². The molecule has 2 aromatic carbocycles. The average Bonchev–Trinajstić information content (AvgIpc) is 3.12. The highest BCUT2D eigenvalue weighted by molar-refractivity contribution is 7.99. The van der Waals surface area contributed by atoms with E-state index in [0.29, 0.717) is 17.4 Å². The summed E-state index contributed by atoms with van der Waals surface area (Å²) in [6.45, 7) is 1.99. The lowest BCUT2D eigenvalue weighted by atomic mass is 10.1. The van der Waals surface area contributed by atoms with Crippen LogP contribution in [0.3, 0.4) is 0 Å². The van der Waals surface area contributed by atoms with E-state index in [1.165, 1.54) is 11.8 Å². The fourth-order valence-electron chi connectivity index (χ4n) is 2.44. The number of carbonyl (C=O) groups is 1. The van der Waals surface area contributed by atoms with Gasteiger partial charge in [-0.2, -0.15) is 0 Å². The molecular formula is C20H20N2O2S. The minimum atomic E-state index is 0.00559. The smallest absolute Gasteiger partial charge is 0.230 e. The molecule has 1 amide bonds. The second-order valence-corrected chi connectivity index (χ2v) is 6.69. The van der Waals surface area contributed by atoms with Crippen LogP contribution in [0.15, 0.2) is 71.3 Å². The highest BCUT2D eigenvalue weighted by Crippen LogP contribution is 2.20. The van der Waals surface area contributed by atoms with Crippen LogP contribution in [0, 0.1) is 0 Å². The van der Waals surface area contributed by atoms with E-state index in [1.54, 1.807) is 6.26 Å². The van der Waals surface area contributed by atoms with Gasteiger partial charge in [0, 0.05) is 11.3 Å². The SMILES string of the molecule is CC(NC(=O)CSCc1coc(-c2ccccc2)n1)c1ccccc1. The highest BCUT2D eigenvalue weighted by atomic mass is 32.2. The molecule has 1 atom stereocenters. The summed E-state index contributed by atoms with van der Waals surface area (Å²) in [6.07, 6.45) is 1.65. The lowest BCUT2D eigenvalue weighted by Crippen LogP contribution is -2.28.